The highest BCUT2D eigenvalue weighted by atomic mass is 16.2. The molecule has 4 nitrogen and oxygen atoms in total. The summed E-state index contributed by atoms with van der Waals surface area (Å²) in [7, 11) is 0. The summed E-state index contributed by atoms with van der Waals surface area (Å²) in [6, 6.07) is 0.0635. The molecule has 0 aliphatic rings. The van der Waals surface area contributed by atoms with E-state index in [0.717, 1.165) is 13.1 Å². The lowest BCUT2D eigenvalue weighted by molar-refractivity contribution is -0.123. The molecule has 0 spiro atoms. The van der Waals surface area contributed by atoms with Gasteiger partial charge in [0, 0.05) is 24.7 Å². The van der Waals surface area contributed by atoms with Crippen molar-refractivity contribution in [3.63, 3.8) is 0 Å². The number of hydrogen-bond acceptors (Lipinski definition) is 3. The van der Waals surface area contributed by atoms with E-state index in [9.17, 15) is 4.79 Å². The van der Waals surface area contributed by atoms with Crippen molar-refractivity contribution in [1.82, 2.24) is 16.0 Å². The largest absolute Gasteiger partial charge is 0.353 e. The first-order valence-corrected chi connectivity index (χ1v) is 6.01. The summed E-state index contributed by atoms with van der Waals surface area (Å²) in [6.07, 6.45) is 0. The molecule has 1 unspecified atom stereocenters. The molecule has 0 aromatic carbocycles. The Labute approximate surface area is 99.6 Å². The first-order valence-electron chi connectivity index (χ1n) is 6.01. The van der Waals surface area contributed by atoms with Crippen LogP contribution in [0.25, 0.3) is 0 Å². The fourth-order valence-electron chi connectivity index (χ4n) is 1.23. The number of rotatable bonds is 6. The van der Waals surface area contributed by atoms with Crippen molar-refractivity contribution in [3.05, 3.63) is 0 Å². The molecule has 0 saturated carbocycles. The quantitative estimate of drug-likeness (QED) is 0.593. The van der Waals surface area contributed by atoms with Crippen LogP contribution in [0.1, 0.15) is 41.5 Å². The third-order valence-electron chi connectivity index (χ3n) is 2.06. The molecule has 0 aromatic heterocycles. The van der Waals surface area contributed by atoms with E-state index in [1.54, 1.807) is 0 Å². The maximum atomic E-state index is 11.6. The third-order valence-corrected chi connectivity index (χ3v) is 2.06. The lowest BCUT2D eigenvalue weighted by Gasteiger charge is -2.22. The lowest BCUT2D eigenvalue weighted by atomic mass is 10.1. The van der Waals surface area contributed by atoms with Gasteiger partial charge in [-0.3, -0.25) is 4.79 Å². The SMILES string of the molecule is CC(C)NC(=O)C(C)NCCNC(C)(C)C. The Morgan fingerprint density at radius 3 is 2.12 bits per heavy atom. The Balaban J connectivity index is 3.65. The summed E-state index contributed by atoms with van der Waals surface area (Å²) in [4.78, 5) is 11.6. The number of amides is 1. The number of carbonyl (C=O) groups excluding carboxylic acids is 1. The zero-order valence-electron chi connectivity index (χ0n) is 11.5. The maximum absolute atomic E-state index is 11.6. The highest BCUT2D eigenvalue weighted by molar-refractivity contribution is 5.81. The molecule has 3 N–H and O–H groups in total. The molecule has 0 saturated heterocycles. The molecular formula is C12H27N3O. The predicted molar refractivity (Wildman–Crippen MR) is 68.5 cm³/mol. The van der Waals surface area contributed by atoms with Gasteiger partial charge in [0.1, 0.15) is 0 Å². The van der Waals surface area contributed by atoms with Crippen LogP contribution in [-0.4, -0.2) is 36.6 Å². The maximum Gasteiger partial charge on any atom is 0.237 e. The van der Waals surface area contributed by atoms with Crippen molar-refractivity contribution >= 4 is 5.91 Å². The van der Waals surface area contributed by atoms with Gasteiger partial charge in [-0.05, 0) is 41.5 Å². The normalized spacial score (nSPS) is 13.9. The minimum absolute atomic E-state index is 0.0609. The highest BCUT2D eigenvalue weighted by Gasteiger charge is 2.13. The van der Waals surface area contributed by atoms with E-state index >= 15 is 0 Å². The van der Waals surface area contributed by atoms with E-state index < -0.39 is 0 Å². The number of hydrogen-bond donors (Lipinski definition) is 3. The number of nitrogens with one attached hydrogen (secondary N) is 3. The van der Waals surface area contributed by atoms with Crippen LogP contribution in [-0.2, 0) is 4.79 Å². The average Bonchev–Trinajstić information content (AvgIpc) is 2.09. The minimum Gasteiger partial charge on any atom is -0.353 e. The fraction of sp³-hybridized carbons (Fsp3) is 0.917. The Hall–Kier alpha value is -0.610. The summed E-state index contributed by atoms with van der Waals surface area (Å²) in [6.45, 7) is 13.9. The van der Waals surface area contributed by atoms with Crippen LogP contribution < -0.4 is 16.0 Å². The monoisotopic (exact) mass is 229 g/mol. The van der Waals surface area contributed by atoms with Crippen LogP contribution in [0.3, 0.4) is 0 Å². The summed E-state index contributed by atoms with van der Waals surface area (Å²) < 4.78 is 0. The zero-order valence-corrected chi connectivity index (χ0v) is 11.5. The van der Waals surface area contributed by atoms with Gasteiger partial charge in [0.2, 0.25) is 5.91 Å². The van der Waals surface area contributed by atoms with Crippen molar-refractivity contribution in [1.29, 1.82) is 0 Å². The van der Waals surface area contributed by atoms with Crippen molar-refractivity contribution in [2.24, 2.45) is 0 Å². The van der Waals surface area contributed by atoms with Gasteiger partial charge in [-0.25, -0.2) is 0 Å². The van der Waals surface area contributed by atoms with E-state index in [2.05, 4.69) is 36.7 Å². The van der Waals surface area contributed by atoms with Gasteiger partial charge in [0.25, 0.3) is 0 Å². The summed E-state index contributed by atoms with van der Waals surface area (Å²) >= 11 is 0. The van der Waals surface area contributed by atoms with Crippen LogP contribution in [0.4, 0.5) is 0 Å². The first-order chi connectivity index (χ1) is 7.22. The third kappa shape index (κ3) is 8.68. The van der Waals surface area contributed by atoms with Crippen LogP contribution in [0.5, 0.6) is 0 Å². The molecule has 16 heavy (non-hydrogen) atoms. The smallest absolute Gasteiger partial charge is 0.237 e. The Morgan fingerprint density at radius 1 is 1.12 bits per heavy atom. The first kappa shape index (κ1) is 15.4. The van der Waals surface area contributed by atoms with Gasteiger partial charge in [0.05, 0.1) is 6.04 Å². The van der Waals surface area contributed by atoms with E-state index in [-0.39, 0.29) is 23.5 Å². The molecule has 1 amide bonds. The van der Waals surface area contributed by atoms with Crippen molar-refractivity contribution in [2.75, 3.05) is 13.1 Å². The Bertz CT molecular complexity index is 209. The van der Waals surface area contributed by atoms with E-state index in [1.807, 2.05) is 20.8 Å². The second-order valence-electron chi connectivity index (χ2n) is 5.52. The minimum atomic E-state index is -0.135. The van der Waals surface area contributed by atoms with Crippen LogP contribution in [0.2, 0.25) is 0 Å². The van der Waals surface area contributed by atoms with E-state index in [0.29, 0.717) is 0 Å². The van der Waals surface area contributed by atoms with Gasteiger partial charge < -0.3 is 16.0 Å². The summed E-state index contributed by atoms with van der Waals surface area (Å²) in [5, 5.41) is 9.43. The standard InChI is InChI=1S/C12H27N3O/c1-9(2)15-11(16)10(3)13-7-8-14-12(4,5)6/h9-10,13-14H,7-8H2,1-6H3,(H,15,16). The highest BCUT2D eigenvalue weighted by Crippen LogP contribution is 1.96. The lowest BCUT2D eigenvalue weighted by Crippen LogP contribution is -2.47. The molecule has 1 atom stereocenters. The molecule has 0 rings (SSSR count). The van der Waals surface area contributed by atoms with Gasteiger partial charge in [0.15, 0.2) is 0 Å². The van der Waals surface area contributed by atoms with Crippen LogP contribution >= 0.6 is 0 Å². The zero-order chi connectivity index (χ0) is 12.8. The second-order valence-corrected chi connectivity index (χ2v) is 5.52. The summed E-state index contributed by atoms with van der Waals surface area (Å²) in [5.41, 5.74) is 0.130. The van der Waals surface area contributed by atoms with Gasteiger partial charge in [-0.2, -0.15) is 0 Å². The van der Waals surface area contributed by atoms with Crippen LogP contribution in [0, 0.1) is 0 Å². The fourth-order valence-corrected chi connectivity index (χ4v) is 1.23. The molecule has 0 fully saturated rings. The van der Waals surface area contributed by atoms with Gasteiger partial charge in [-0.1, -0.05) is 0 Å². The average molecular weight is 229 g/mol. The molecule has 0 heterocycles. The molecule has 96 valence electrons. The Morgan fingerprint density at radius 2 is 1.69 bits per heavy atom. The molecule has 0 radical (unpaired) electrons. The van der Waals surface area contributed by atoms with Crippen molar-refractivity contribution in [3.8, 4) is 0 Å². The Kier molecular flexibility index (Phi) is 6.60. The molecule has 0 aromatic rings. The van der Waals surface area contributed by atoms with E-state index in [1.165, 1.54) is 0 Å². The molecule has 0 bridgehead atoms. The summed E-state index contributed by atoms with van der Waals surface area (Å²) in [5.74, 6) is 0.0609. The molecule has 4 heteroatoms. The molecule has 0 aliphatic heterocycles. The van der Waals surface area contributed by atoms with Crippen LogP contribution in [0.15, 0.2) is 0 Å². The predicted octanol–water partition coefficient (Wildman–Crippen LogP) is 0.877. The van der Waals surface area contributed by atoms with Gasteiger partial charge >= 0.3 is 0 Å². The van der Waals surface area contributed by atoms with Gasteiger partial charge in [-0.15, -0.1) is 0 Å². The van der Waals surface area contributed by atoms with Crippen molar-refractivity contribution in [2.45, 2.75) is 59.2 Å². The van der Waals surface area contributed by atoms with Crippen molar-refractivity contribution < 1.29 is 4.79 Å². The van der Waals surface area contributed by atoms with E-state index in [4.69, 9.17) is 0 Å². The molecule has 0 aliphatic carbocycles. The second kappa shape index (κ2) is 6.86. The molecular weight excluding hydrogens is 202 g/mol. The number of carbonyl (C=O) groups is 1. The topological polar surface area (TPSA) is 53.2 Å².